The lowest BCUT2D eigenvalue weighted by Gasteiger charge is -2.24. The number of rotatable bonds is 5. The van der Waals surface area contributed by atoms with Gasteiger partial charge in [-0.3, -0.25) is 0 Å². The van der Waals surface area contributed by atoms with Gasteiger partial charge in [-0.1, -0.05) is 41.1 Å². The van der Waals surface area contributed by atoms with Crippen LogP contribution in [0.25, 0.3) is 0 Å². The van der Waals surface area contributed by atoms with E-state index in [4.69, 9.17) is 4.74 Å². The third-order valence-electron chi connectivity index (χ3n) is 3.87. The Hall–Kier alpha value is -1.32. The van der Waals surface area contributed by atoms with Crippen molar-refractivity contribution in [3.05, 3.63) is 63.1 Å². The minimum atomic E-state index is 0.127. The van der Waals surface area contributed by atoms with E-state index in [9.17, 15) is 0 Å². The van der Waals surface area contributed by atoms with Crippen LogP contribution in [0.1, 0.15) is 35.2 Å². The van der Waals surface area contributed by atoms with Crippen LogP contribution in [0.2, 0.25) is 0 Å². The molecule has 112 valence electrons. The van der Waals surface area contributed by atoms with Crippen molar-refractivity contribution in [2.24, 2.45) is 0 Å². The van der Waals surface area contributed by atoms with Crippen molar-refractivity contribution >= 4 is 15.9 Å². The second-order valence-electron chi connectivity index (χ2n) is 5.17. The lowest BCUT2D eigenvalue weighted by Crippen LogP contribution is -2.23. The molecule has 0 saturated carbocycles. The fourth-order valence-corrected chi connectivity index (χ4v) is 2.99. The molecule has 0 heterocycles. The van der Waals surface area contributed by atoms with Crippen LogP contribution in [0.15, 0.2) is 40.9 Å². The first kappa shape index (κ1) is 16.1. The van der Waals surface area contributed by atoms with Crippen LogP contribution in [-0.4, -0.2) is 13.7 Å². The summed E-state index contributed by atoms with van der Waals surface area (Å²) in [5, 5.41) is 3.58. The first-order valence-corrected chi connectivity index (χ1v) is 8.00. The predicted molar refractivity (Wildman–Crippen MR) is 92.1 cm³/mol. The van der Waals surface area contributed by atoms with Crippen LogP contribution in [0, 0.1) is 13.8 Å². The quantitative estimate of drug-likeness (QED) is 0.840. The number of benzene rings is 2. The van der Waals surface area contributed by atoms with E-state index in [2.05, 4.69) is 66.3 Å². The fourth-order valence-electron chi connectivity index (χ4n) is 2.61. The van der Waals surface area contributed by atoms with Crippen molar-refractivity contribution in [2.45, 2.75) is 26.8 Å². The smallest absolute Gasteiger partial charge is 0.124 e. The van der Waals surface area contributed by atoms with Gasteiger partial charge in [-0.05, 0) is 55.3 Å². The lowest BCUT2D eigenvalue weighted by atomic mass is 9.92. The zero-order chi connectivity index (χ0) is 15.4. The monoisotopic (exact) mass is 347 g/mol. The van der Waals surface area contributed by atoms with Gasteiger partial charge in [0.05, 0.1) is 13.2 Å². The highest BCUT2D eigenvalue weighted by Gasteiger charge is 2.20. The van der Waals surface area contributed by atoms with Gasteiger partial charge in [0, 0.05) is 10.0 Å². The van der Waals surface area contributed by atoms with Gasteiger partial charge in [0.2, 0.25) is 0 Å². The van der Waals surface area contributed by atoms with Crippen molar-refractivity contribution in [1.29, 1.82) is 0 Å². The average Bonchev–Trinajstić information content (AvgIpc) is 2.48. The largest absolute Gasteiger partial charge is 0.496 e. The maximum absolute atomic E-state index is 5.56. The third kappa shape index (κ3) is 3.47. The van der Waals surface area contributed by atoms with E-state index < -0.39 is 0 Å². The van der Waals surface area contributed by atoms with Gasteiger partial charge in [0.15, 0.2) is 0 Å². The van der Waals surface area contributed by atoms with Crippen LogP contribution in [-0.2, 0) is 0 Å². The molecule has 2 nitrogen and oxygen atoms in total. The molecule has 0 aliphatic rings. The number of aryl methyl sites for hydroxylation is 1. The zero-order valence-corrected chi connectivity index (χ0v) is 14.6. The molecule has 0 aliphatic heterocycles. The van der Waals surface area contributed by atoms with Gasteiger partial charge in [-0.15, -0.1) is 0 Å². The minimum Gasteiger partial charge on any atom is -0.496 e. The highest BCUT2D eigenvalue weighted by molar-refractivity contribution is 9.10. The molecule has 0 amide bonds. The van der Waals surface area contributed by atoms with Gasteiger partial charge in [0.25, 0.3) is 0 Å². The topological polar surface area (TPSA) is 21.3 Å². The Labute approximate surface area is 135 Å². The highest BCUT2D eigenvalue weighted by atomic mass is 79.9. The van der Waals surface area contributed by atoms with E-state index >= 15 is 0 Å². The molecule has 21 heavy (non-hydrogen) atoms. The summed E-state index contributed by atoms with van der Waals surface area (Å²) in [6.45, 7) is 7.36. The summed E-state index contributed by atoms with van der Waals surface area (Å²) >= 11 is 3.57. The molecule has 1 unspecified atom stereocenters. The summed E-state index contributed by atoms with van der Waals surface area (Å²) in [7, 11) is 1.72. The molecule has 0 aliphatic carbocycles. The van der Waals surface area contributed by atoms with Crippen LogP contribution in [0.3, 0.4) is 0 Å². The molecular formula is C18H22BrNO. The molecule has 0 fully saturated rings. The summed E-state index contributed by atoms with van der Waals surface area (Å²) < 4.78 is 6.62. The van der Waals surface area contributed by atoms with Gasteiger partial charge in [-0.2, -0.15) is 0 Å². The van der Waals surface area contributed by atoms with E-state index in [0.717, 1.165) is 22.3 Å². The van der Waals surface area contributed by atoms with Crippen molar-refractivity contribution in [2.75, 3.05) is 13.7 Å². The molecular weight excluding hydrogens is 326 g/mol. The van der Waals surface area contributed by atoms with Crippen LogP contribution in [0.5, 0.6) is 5.75 Å². The Balaban J connectivity index is 2.58. The number of hydrogen-bond acceptors (Lipinski definition) is 2. The second-order valence-corrected chi connectivity index (χ2v) is 6.08. The maximum Gasteiger partial charge on any atom is 0.124 e. The molecule has 2 aromatic rings. The van der Waals surface area contributed by atoms with E-state index in [1.807, 2.05) is 12.1 Å². The Kier molecular flexibility index (Phi) is 5.43. The zero-order valence-electron chi connectivity index (χ0n) is 13.0. The Morgan fingerprint density at radius 3 is 2.57 bits per heavy atom. The molecule has 2 aromatic carbocycles. The van der Waals surface area contributed by atoms with Crippen LogP contribution < -0.4 is 10.1 Å². The summed E-state index contributed by atoms with van der Waals surface area (Å²) in [6, 6.07) is 12.7. The number of halogens is 1. The van der Waals surface area contributed by atoms with E-state index in [-0.39, 0.29) is 6.04 Å². The summed E-state index contributed by atoms with van der Waals surface area (Å²) in [5.74, 6) is 0.907. The van der Waals surface area contributed by atoms with Crippen LogP contribution in [0.4, 0.5) is 0 Å². The first-order chi connectivity index (χ1) is 10.1. The van der Waals surface area contributed by atoms with Gasteiger partial charge < -0.3 is 10.1 Å². The molecule has 1 N–H and O–H groups in total. The van der Waals surface area contributed by atoms with E-state index in [1.165, 1.54) is 16.7 Å². The number of ether oxygens (including phenoxy) is 1. The first-order valence-electron chi connectivity index (χ1n) is 7.21. The average molecular weight is 348 g/mol. The SMILES string of the molecule is CCNC(c1cc(Br)ccc1OC)c1cccc(C)c1C. The normalized spacial score (nSPS) is 12.2. The summed E-state index contributed by atoms with van der Waals surface area (Å²) in [4.78, 5) is 0. The molecule has 0 radical (unpaired) electrons. The maximum atomic E-state index is 5.56. The van der Waals surface area contributed by atoms with Crippen molar-refractivity contribution in [3.63, 3.8) is 0 Å². The Morgan fingerprint density at radius 2 is 1.90 bits per heavy atom. The Morgan fingerprint density at radius 1 is 1.14 bits per heavy atom. The molecule has 0 bridgehead atoms. The molecule has 1 atom stereocenters. The van der Waals surface area contributed by atoms with Crippen molar-refractivity contribution < 1.29 is 4.74 Å². The summed E-state index contributed by atoms with van der Waals surface area (Å²) in [6.07, 6.45) is 0. The van der Waals surface area contributed by atoms with Gasteiger partial charge >= 0.3 is 0 Å². The van der Waals surface area contributed by atoms with Crippen molar-refractivity contribution in [1.82, 2.24) is 5.32 Å². The predicted octanol–water partition coefficient (Wildman–Crippen LogP) is 4.77. The molecule has 2 rings (SSSR count). The van der Waals surface area contributed by atoms with E-state index in [0.29, 0.717) is 0 Å². The van der Waals surface area contributed by atoms with Gasteiger partial charge in [-0.25, -0.2) is 0 Å². The summed E-state index contributed by atoms with van der Waals surface area (Å²) in [5.41, 5.74) is 5.09. The molecule has 0 saturated heterocycles. The third-order valence-corrected chi connectivity index (χ3v) is 4.36. The molecule has 0 aromatic heterocycles. The minimum absolute atomic E-state index is 0.127. The Bertz CT molecular complexity index is 625. The number of hydrogen-bond donors (Lipinski definition) is 1. The highest BCUT2D eigenvalue weighted by Crippen LogP contribution is 2.34. The fraction of sp³-hybridized carbons (Fsp3) is 0.333. The lowest BCUT2D eigenvalue weighted by molar-refractivity contribution is 0.404. The van der Waals surface area contributed by atoms with Crippen LogP contribution >= 0.6 is 15.9 Å². The standard InChI is InChI=1S/C18H22BrNO/c1-5-20-18(15-8-6-7-12(2)13(15)3)16-11-14(19)9-10-17(16)21-4/h6-11,18,20H,5H2,1-4H3. The molecule has 0 spiro atoms. The van der Waals surface area contributed by atoms with Crippen molar-refractivity contribution in [3.8, 4) is 5.75 Å². The number of methoxy groups -OCH3 is 1. The second kappa shape index (κ2) is 7.10. The van der Waals surface area contributed by atoms with Gasteiger partial charge in [0.1, 0.15) is 5.75 Å². The molecule has 3 heteroatoms. The van der Waals surface area contributed by atoms with E-state index in [1.54, 1.807) is 7.11 Å². The number of nitrogens with one attached hydrogen (secondary N) is 1.